The van der Waals surface area contributed by atoms with Crippen LogP contribution in [0.1, 0.15) is 11.1 Å². The first-order valence-corrected chi connectivity index (χ1v) is 7.13. The van der Waals surface area contributed by atoms with Gasteiger partial charge in [0.15, 0.2) is 0 Å². The molecule has 2 aromatic carbocycles. The quantitative estimate of drug-likeness (QED) is 0.687. The maximum Gasteiger partial charge on any atom is 0.270 e. The second-order valence-corrected chi connectivity index (χ2v) is 5.38. The normalized spacial score (nSPS) is 10.7. The van der Waals surface area contributed by atoms with Gasteiger partial charge in [-0.3, -0.25) is 24.6 Å². The number of carbonyl (C=O) groups excluding carboxylic acids is 1. The first-order valence-electron chi connectivity index (χ1n) is 7.13. The van der Waals surface area contributed by atoms with E-state index in [2.05, 4.69) is 15.5 Å². The van der Waals surface area contributed by atoms with Crippen molar-refractivity contribution in [3.05, 3.63) is 74.3 Å². The molecule has 1 aromatic heterocycles. The summed E-state index contributed by atoms with van der Waals surface area (Å²) >= 11 is 0. The van der Waals surface area contributed by atoms with Gasteiger partial charge in [0.2, 0.25) is 5.91 Å². The Hall–Kier alpha value is -3.15. The largest absolute Gasteiger partial charge is 0.326 e. The monoisotopic (exact) mass is 309 g/mol. The molecule has 0 radical (unpaired) electrons. The van der Waals surface area contributed by atoms with E-state index in [4.69, 9.17) is 0 Å². The summed E-state index contributed by atoms with van der Waals surface area (Å²) < 4.78 is 0. The van der Waals surface area contributed by atoms with Crippen molar-refractivity contribution in [2.24, 2.45) is 0 Å². The molecule has 0 saturated carbocycles. The Morgan fingerprint density at radius 2 is 1.74 bits per heavy atom. The zero-order valence-electron chi connectivity index (χ0n) is 12.5. The van der Waals surface area contributed by atoms with Crippen LogP contribution in [-0.2, 0) is 11.2 Å². The van der Waals surface area contributed by atoms with E-state index in [9.17, 15) is 14.4 Å². The highest BCUT2D eigenvalue weighted by molar-refractivity contribution is 5.95. The fourth-order valence-corrected chi connectivity index (χ4v) is 2.47. The van der Waals surface area contributed by atoms with Crippen LogP contribution in [-0.4, -0.2) is 16.1 Å². The molecule has 0 spiro atoms. The summed E-state index contributed by atoms with van der Waals surface area (Å²) in [4.78, 5) is 35.5. The van der Waals surface area contributed by atoms with Gasteiger partial charge >= 0.3 is 0 Å². The number of benzene rings is 2. The molecule has 116 valence electrons. The Kier molecular flexibility index (Phi) is 3.80. The van der Waals surface area contributed by atoms with Gasteiger partial charge in [0.05, 0.1) is 17.2 Å². The highest BCUT2D eigenvalue weighted by atomic mass is 16.2. The highest BCUT2D eigenvalue weighted by Gasteiger charge is 2.07. The van der Waals surface area contributed by atoms with Crippen molar-refractivity contribution in [2.75, 3.05) is 5.32 Å². The molecular weight excluding hydrogens is 294 g/mol. The predicted octanol–water partition coefficient (Wildman–Crippen LogP) is 1.71. The molecule has 6 nitrogen and oxygen atoms in total. The molecule has 3 N–H and O–H groups in total. The van der Waals surface area contributed by atoms with Crippen molar-refractivity contribution >= 4 is 22.4 Å². The predicted molar refractivity (Wildman–Crippen MR) is 88.7 cm³/mol. The molecule has 23 heavy (non-hydrogen) atoms. The number of fused-ring (bicyclic) bond motifs is 1. The zero-order valence-corrected chi connectivity index (χ0v) is 12.5. The van der Waals surface area contributed by atoms with E-state index in [-0.39, 0.29) is 28.7 Å². The minimum atomic E-state index is -0.408. The Balaban J connectivity index is 1.84. The lowest BCUT2D eigenvalue weighted by Gasteiger charge is -2.07. The number of H-pyrrole nitrogens is 2. The molecule has 0 aliphatic rings. The number of amides is 1. The van der Waals surface area contributed by atoms with E-state index < -0.39 is 5.56 Å². The topological polar surface area (TPSA) is 94.8 Å². The zero-order chi connectivity index (χ0) is 16.4. The number of carbonyl (C=O) groups is 1. The molecule has 0 aliphatic heterocycles. The molecule has 0 fully saturated rings. The summed E-state index contributed by atoms with van der Waals surface area (Å²) in [6.45, 7) is 1.97. The van der Waals surface area contributed by atoms with Gasteiger partial charge in [0.1, 0.15) is 0 Å². The van der Waals surface area contributed by atoms with Crippen LogP contribution in [0.3, 0.4) is 0 Å². The molecule has 0 saturated heterocycles. The third kappa shape index (κ3) is 3.21. The summed E-state index contributed by atoms with van der Waals surface area (Å²) in [5, 5.41) is 7.79. The van der Waals surface area contributed by atoms with Gasteiger partial charge in [-0.25, -0.2) is 0 Å². The maximum absolute atomic E-state index is 12.1. The van der Waals surface area contributed by atoms with Gasteiger partial charge in [0.25, 0.3) is 11.1 Å². The molecule has 1 amide bonds. The lowest BCUT2D eigenvalue weighted by Crippen LogP contribution is -2.19. The fourth-order valence-electron chi connectivity index (χ4n) is 2.47. The van der Waals surface area contributed by atoms with Gasteiger partial charge in [0, 0.05) is 5.69 Å². The van der Waals surface area contributed by atoms with Crippen LogP contribution in [0.15, 0.2) is 52.1 Å². The first-order chi connectivity index (χ1) is 11.0. The molecule has 0 atom stereocenters. The summed E-state index contributed by atoms with van der Waals surface area (Å²) in [6.07, 6.45) is 0.242. The molecule has 1 heterocycles. The van der Waals surface area contributed by atoms with Crippen molar-refractivity contribution in [2.45, 2.75) is 13.3 Å². The summed E-state index contributed by atoms with van der Waals surface area (Å²) in [6, 6.07) is 12.3. The fraction of sp³-hybridized carbons (Fsp3) is 0.118. The van der Waals surface area contributed by atoms with E-state index in [0.29, 0.717) is 5.69 Å². The SMILES string of the molecule is Cc1cccc(CC(=O)Nc2ccc3c(=O)[nH][nH]c(=O)c3c2)c1. The van der Waals surface area contributed by atoms with Gasteiger partial charge in [-0.1, -0.05) is 29.8 Å². The van der Waals surface area contributed by atoms with E-state index in [1.807, 2.05) is 31.2 Å². The lowest BCUT2D eigenvalue weighted by molar-refractivity contribution is -0.115. The standard InChI is InChI=1S/C17H15N3O3/c1-10-3-2-4-11(7-10)8-15(21)18-12-5-6-13-14(9-12)17(23)20-19-16(13)22/h2-7,9H,8H2,1H3,(H,18,21)(H,19,22)(H,20,23). The number of hydrogen-bond acceptors (Lipinski definition) is 3. The Morgan fingerprint density at radius 1 is 1.00 bits per heavy atom. The van der Waals surface area contributed by atoms with Crippen LogP contribution in [0.4, 0.5) is 5.69 Å². The molecule has 6 heteroatoms. The summed E-state index contributed by atoms with van der Waals surface area (Å²) in [7, 11) is 0. The van der Waals surface area contributed by atoms with Crippen LogP contribution in [0.5, 0.6) is 0 Å². The summed E-state index contributed by atoms with van der Waals surface area (Å²) in [5.41, 5.74) is 1.70. The number of aromatic nitrogens is 2. The molecular formula is C17H15N3O3. The minimum Gasteiger partial charge on any atom is -0.326 e. The van der Waals surface area contributed by atoms with Gasteiger partial charge < -0.3 is 5.32 Å². The van der Waals surface area contributed by atoms with Crippen LogP contribution >= 0.6 is 0 Å². The highest BCUT2D eigenvalue weighted by Crippen LogP contribution is 2.14. The average molecular weight is 309 g/mol. The number of hydrogen-bond donors (Lipinski definition) is 3. The number of rotatable bonds is 3. The van der Waals surface area contributed by atoms with Crippen LogP contribution in [0.25, 0.3) is 10.8 Å². The third-order valence-electron chi connectivity index (χ3n) is 3.53. The van der Waals surface area contributed by atoms with Crippen molar-refractivity contribution < 1.29 is 4.79 Å². The van der Waals surface area contributed by atoms with E-state index in [0.717, 1.165) is 11.1 Å². The molecule has 3 aromatic rings. The van der Waals surface area contributed by atoms with Crippen molar-refractivity contribution in [1.29, 1.82) is 0 Å². The van der Waals surface area contributed by atoms with Crippen LogP contribution < -0.4 is 16.4 Å². The Bertz CT molecular complexity index is 1000. The van der Waals surface area contributed by atoms with Crippen LogP contribution in [0.2, 0.25) is 0 Å². The van der Waals surface area contributed by atoms with E-state index in [1.165, 1.54) is 12.1 Å². The van der Waals surface area contributed by atoms with Gasteiger partial charge in [-0.15, -0.1) is 0 Å². The maximum atomic E-state index is 12.1. The molecule has 0 unspecified atom stereocenters. The minimum absolute atomic E-state index is 0.184. The smallest absolute Gasteiger partial charge is 0.270 e. The average Bonchev–Trinajstić information content (AvgIpc) is 2.51. The third-order valence-corrected chi connectivity index (χ3v) is 3.53. The Morgan fingerprint density at radius 3 is 2.48 bits per heavy atom. The molecule has 0 bridgehead atoms. The molecule has 0 aliphatic carbocycles. The van der Waals surface area contributed by atoms with Crippen LogP contribution in [0, 0.1) is 6.92 Å². The number of anilines is 1. The van der Waals surface area contributed by atoms with Gasteiger partial charge in [-0.05, 0) is 30.7 Å². The number of nitrogens with one attached hydrogen (secondary N) is 3. The number of aryl methyl sites for hydroxylation is 1. The Labute approximate surface area is 131 Å². The van der Waals surface area contributed by atoms with Gasteiger partial charge in [-0.2, -0.15) is 0 Å². The summed E-state index contributed by atoms with van der Waals surface area (Å²) in [5.74, 6) is -0.184. The van der Waals surface area contributed by atoms with Crippen molar-refractivity contribution in [3.63, 3.8) is 0 Å². The lowest BCUT2D eigenvalue weighted by atomic mass is 10.1. The van der Waals surface area contributed by atoms with Crippen molar-refractivity contribution in [1.82, 2.24) is 10.2 Å². The van der Waals surface area contributed by atoms with E-state index >= 15 is 0 Å². The van der Waals surface area contributed by atoms with Crippen molar-refractivity contribution in [3.8, 4) is 0 Å². The first kappa shape index (κ1) is 14.8. The number of aromatic amines is 2. The molecule has 3 rings (SSSR count). The second-order valence-electron chi connectivity index (χ2n) is 5.38. The van der Waals surface area contributed by atoms with E-state index in [1.54, 1.807) is 6.07 Å². The second kappa shape index (κ2) is 5.92.